The van der Waals surface area contributed by atoms with Crippen molar-refractivity contribution in [2.24, 2.45) is 0 Å². The average molecular weight is 447 g/mol. The number of hydrogen-bond acceptors (Lipinski definition) is 4. The van der Waals surface area contributed by atoms with E-state index in [9.17, 15) is 13.2 Å². The number of fused-ring (bicyclic) bond motifs is 1. The maximum Gasteiger partial charge on any atom is 0.293 e. The van der Waals surface area contributed by atoms with Crippen LogP contribution in [0.25, 0.3) is 0 Å². The number of anilines is 2. The van der Waals surface area contributed by atoms with Crippen molar-refractivity contribution in [1.29, 1.82) is 0 Å². The quantitative estimate of drug-likeness (QED) is 0.655. The Balaban J connectivity index is 1.62. The van der Waals surface area contributed by atoms with Crippen LogP contribution in [0.5, 0.6) is 0 Å². The highest BCUT2D eigenvalue weighted by Crippen LogP contribution is 2.33. The van der Waals surface area contributed by atoms with E-state index in [-0.39, 0.29) is 16.6 Å². The smallest absolute Gasteiger partial charge is 0.293 e. The van der Waals surface area contributed by atoms with Gasteiger partial charge in [0, 0.05) is 16.7 Å². The molecule has 0 fully saturated rings. The van der Waals surface area contributed by atoms with Crippen LogP contribution in [0, 0.1) is 0 Å². The number of amides is 1. The number of carbonyl (C=O) groups is 1. The first-order chi connectivity index (χ1) is 12.9. The van der Waals surface area contributed by atoms with E-state index in [1.54, 1.807) is 41.3 Å². The lowest BCUT2D eigenvalue weighted by Crippen LogP contribution is -2.28. The zero-order chi connectivity index (χ0) is 19.0. The molecule has 1 amide bonds. The van der Waals surface area contributed by atoms with Crippen molar-refractivity contribution < 1.29 is 17.6 Å². The van der Waals surface area contributed by atoms with Crippen molar-refractivity contribution in [2.45, 2.75) is 11.3 Å². The fourth-order valence-corrected chi connectivity index (χ4v) is 4.33. The molecule has 4 rings (SSSR count). The molecule has 6 nitrogen and oxygen atoms in total. The topological polar surface area (TPSA) is 79.6 Å². The van der Waals surface area contributed by atoms with E-state index in [0.717, 1.165) is 10.0 Å². The Hall–Kier alpha value is -2.58. The lowest BCUT2D eigenvalue weighted by Gasteiger charge is -2.17. The van der Waals surface area contributed by atoms with Crippen LogP contribution in [0.2, 0.25) is 0 Å². The van der Waals surface area contributed by atoms with Gasteiger partial charge < -0.3 is 9.32 Å². The highest BCUT2D eigenvalue weighted by atomic mass is 79.9. The molecular weight excluding hydrogens is 432 g/mol. The molecule has 1 aliphatic heterocycles. The minimum absolute atomic E-state index is 0.162. The first kappa shape index (κ1) is 17.8. The van der Waals surface area contributed by atoms with Crippen LogP contribution in [0.1, 0.15) is 16.1 Å². The van der Waals surface area contributed by atoms with Gasteiger partial charge in [0.2, 0.25) is 0 Å². The first-order valence-corrected chi connectivity index (χ1v) is 10.5. The molecule has 0 radical (unpaired) electrons. The summed E-state index contributed by atoms with van der Waals surface area (Å²) in [6, 6.07) is 14.9. The van der Waals surface area contributed by atoms with Gasteiger partial charge in [0.25, 0.3) is 15.9 Å². The predicted molar refractivity (Wildman–Crippen MR) is 105 cm³/mol. The molecule has 0 aliphatic carbocycles. The highest BCUT2D eigenvalue weighted by molar-refractivity contribution is 9.10. The number of carbonyl (C=O) groups excluding carboxylic acids is 1. The third kappa shape index (κ3) is 3.50. The van der Waals surface area contributed by atoms with E-state index >= 15 is 0 Å². The summed E-state index contributed by atoms with van der Waals surface area (Å²) in [5.41, 5.74) is 2.07. The standard InChI is InChI=1S/C19H15BrN2O4S/c20-14-4-7-16(8-5-14)27(24,25)21-15-6-3-13-9-10-22(17(13)12-15)19(23)18-2-1-11-26-18/h1-8,11-12,21H,9-10H2. The Morgan fingerprint density at radius 2 is 1.89 bits per heavy atom. The number of furan rings is 1. The van der Waals surface area contributed by atoms with Gasteiger partial charge in [-0.3, -0.25) is 9.52 Å². The lowest BCUT2D eigenvalue weighted by atomic mass is 10.1. The molecule has 0 saturated carbocycles. The van der Waals surface area contributed by atoms with E-state index in [1.807, 2.05) is 6.07 Å². The second-order valence-electron chi connectivity index (χ2n) is 6.09. The second-order valence-corrected chi connectivity index (χ2v) is 8.69. The molecule has 0 atom stereocenters. The number of nitrogens with one attached hydrogen (secondary N) is 1. The van der Waals surface area contributed by atoms with Crippen molar-refractivity contribution in [3.05, 3.63) is 76.7 Å². The number of nitrogens with zero attached hydrogens (tertiary/aromatic N) is 1. The van der Waals surface area contributed by atoms with Gasteiger partial charge in [0.1, 0.15) is 0 Å². The van der Waals surface area contributed by atoms with Crippen LogP contribution in [0.4, 0.5) is 11.4 Å². The summed E-state index contributed by atoms with van der Waals surface area (Å²) in [4.78, 5) is 14.4. The summed E-state index contributed by atoms with van der Waals surface area (Å²) in [7, 11) is -3.72. The molecule has 138 valence electrons. The van der Waals surface area contributed by atoms with Crippen molar-refractivity contribution in [1.82, 2.24) is 0 Å². The minimum atomic E-state index is -3.72. The maximum absolute atomic E-state index is 12.6. The van der Waals surface area contributed by atoms with E-state index in [4.69, 9.17) is 4.42 Å². The van der Waals surface area contributed by atoms with Crippen LogP contribution in [0.3, 0.4) is 0 Å². The Labute approximate surface area is 165 Å². The fraction of sp³-hybridized carbons (Fsp3) is 0.105. The molecule has 0 spiro atoms. The molecule has 2 heterocycles. The van der Waals surface area contributed by atoms with Gasteiger partial charge in [-0.15, -0.1) is 0 Å². The van der Waals surface area contributed by atoms with Gasteiger partial charge in [-0.25, -0.2) is 8.42 Å². The third-order valence-corrected chi connectivity index (χ3v) is 6.26. The molecule has 0 bridgehead atoms. The van der Waals surface area contributed by atoms with E-state index < -0.39 is 10.0 Å². The molecule has 1 N–H and O–H groups in total. The molecule has 1 aliphatic rings. The van der Waals surface area contributed by atoms with Crippen molar-refractivity contribution in [3.8, 4) is 0 Å². The van der Waals surface area contributed by atoms with Gasteiger partial charge in [-0.05, 0) is 60.5 Å². The summed E-state index contributed by atoms with van der Waals surface area (Å²) in [6.45, 7) is 0.526. The molecular formula is C19H15BrN2O4S. The van der Waals surface area contributed by atoms with Crippen LogP contribution in [0.15, 0.2) is 74.6 Å². The number of rotatable bonds is 4. The molecule has 0 unspecified atom stereocenters. The van der Waals surface area contributed by atoms with Crippen molar-refractivity contribution in [3.63, 3.8) is 0 Å². The number of sulfonamides is 1. The average Bonchev–Trinajstić information content (AvgIpc) is 3.31. The Morgan fingerprint density at radius 3 is 2.59 bits per heavy atom. The molecule has 1 aromatic heterocycles. The normalized spacial score (nSPS) is 13.4. The predicted octanol–water partition coefficient (Wildman–Crippen LogP) is 4.05. The van der Waals surface area contributed by atoms with Crippen LogP contribution < -0.4 is 9.62 Å². The zero-order valence-corrected chi connectivity index (χ0v) is 16.5. The summed E-state index contributed by atoms with van der Waals surface area (Å²) in [5, 5.41) is 0. The van der Waals surface area contributed by atoms with Crippen molar-refractivity contribution >= 4 is 43.2 Å². The maximum atomic E-state index is 12.6. The van der Waals surface area contributed by atoms with Gasteiger partial charge in [-0.2, -0.15) is 0 Å². The molecule has 0 saturated heterocycles. The zero-order valence-electron chi connectivity index (χ0n) is 14.1. The Morgan fingerprint density at radius 1 is 1.11 bits per heavy atom. The van der Waals surface area contributed by atoms with Gasteiger partial charge in [-0.1, -0.05) is 22.0 Å². The van der Waals surface area contributed by atoms with Crippen LogP contribution >= 0.6 is 15.9 Å². The first-order valence-electron chi connectivity index (χ1n) is 8.21. The SMILES string of the molecule is O=C(c1ccco1)N1CCc2ccc(NS(=O)(=O)c3ccc(Br)cc3)cc21. The lowest BCUT2D eigenvalue weighted by molar-refractivity contribution is 0.0963. The number of benzene rings is 2. The summed E-state index contributed by atoms with van der Waals surface area (Å²) in [6.07, 6.45) is 2.16. The highest BCUT2D eigenvalue weighted by Gasteiger charge is 2.27. The monoisotopic (exact) mass is 446 g/mol. The van der Waals surface area contributed by atoms with Gasteiger partial charge in [0.15, 0.2) is 5.76 Å². The Kier molecular flexibility index (Phi) is 4.53. The van der Waals surface area contributed by atoms with Crippen LogP contribution in [-0.4, -0.2) is 20.9 Å². The van der Waals surface area contributed by atoms with Gasteiger partial charge in [0.05, 0.1) is 16.8 Å². The Bertz CT molecular complexity index is 1090. The summed E-state index contributed by atoms with van der Waals surface area (Å²) < 4.78 is 33.8. The third-order valence-electron chi connectivity index (χ3n) is 4.33. The summed E-state index contributed by atoms with van der Waals surface area (Å²) in [5.74, 6) is 0.00960. The van der Waals surface area contributed by atoms with Gasteiger partial charge >= 0.3 is 0 Å². The molecule has 27 heavy (non-hydrogen) atoms. The fourth-order valence-electron chi connectivity index (χ4n) is 3.01. The number of hydrogen-bond donors (Lipinski definition) is 1. The second kappa shape index (κ2) is 6.86. The molecule has 2 aromatic carbocycles. The summed E-state index contributed by atoms with van der Waals surface area (Å²) >= 11 is 3.29. The molecule has 3 aromatic rings. The van der Waals surface area contributed by atoms with E-state index in [0.29, 0.717) is 24.3 Å². The van der Waals surface area contributed by atoms with Crippen LogP contribution in [-0.2, 0) is 16.4 Å². The largest absolute Gasteiger partial charge is 0.459 e. The van der Waals surface area contributed by atoms with E-state index in [2.05, 4.69) is 20.7 Å². The van der Waals surface area contributed by atoms with Crippen molar-refractivity contribution in [2.75, 3.05) is 16.2 Å². The van der Waals surface area contributed by atoms with E-state index in [1.165, 1.54) is 18.4 Å². The molecule has 8 heteroatoms. The number of halogens is 1. The minimum Gasteiger partial charge on any atom is -0.459 e.